The molecular formula is C15H17NO5. The zero-order valence-electron chi connectivity index (χ0n) is 11.5. The number of amides is 2. The average molecular weight is 291 g/mol. The molecule has 0 unspecified atom stereocenters. The molecule has 1 heterocycles. The third-order valence-electron chi connectivity index (χ3n) is 3.73. The number of carbonyl (C=O) groups excluding carboxylic acids is 2. The Labute approximate surface area is 121 Å². The molecule has 0 spiro atoms. The fourth-order valence-corrected chi connectivity index (χ4v) is 2.53. The second kappa shape index (κ2) is 6.49. The second-order valence-electron chi connectivity index (χ2n) is 5.14. The van der Waals surface area contributed by atoms with Crippen LogP contribution in [0.25, 0.3) is 0 Å². The summed E-state index contributed by atoms with van der Waals surface area (Å²) in [7, 11) is 0. The van der Waals surface area contributed by atoms with Crippen molar-refractivity contribution in [2.45, 2.75) is 32.1 Å². The van der Waals surface area contributed by atoms with Gasteiger partial charge >= 0.3 is 5.97 Å². The number of carboxylic acid groups (broad SMARTS) is 1. The Hall–Kier alpha value is -2.21. The van der Waals surface area contributed by atoms with E-state index >= 15 is 0 Å². The number of hydrogen-bond donors (Lipinski definition) is 2. The highest BCUT2D eigenvalue weighted by Crippen LogP contribution is 2.23. The molecule has 0 atom stereocenters. The molecule has 1 aromatic carbocycles. The first-order valence-electron chi connectivity index (χ1n) is 6.92. The van der Waals surface area contributed by atoms with Crippen LogP contribution in [0.5, 0.6) is 0 Å². The third kappa shape index (κ3) is 3.28. The number of hydroxylamine groups is 2. The molecule has 2 amide bonds. The molecule has 112 valence electrons. The zero-order chi connectivity index (χ0) is 15.4. The van der Waals surface area contributed by atoms with Crippen molar-refractivity contribution in [2.24, 2.45) is 5.92 Å². The van der Waals surface area contributed by atoms with Crippen molar-refractivity contribution in [3.8, 4) is 0 Å². The van der Waals surface area contributed by atoms with Crippen LogP contribution in [0, 0.1) is 5.92 Å². The summed E-state index contributed by atoms with van der Waals surface area (Å²) >= 11 is 0. The molecule has 1 aliphatic heterocycles. The molecule has 0 aromatic heterocycles. The Kier molecular flexibility index (Phi) is 4.70. The number of carboxylic acids is 1. The van der Waals surface area contributed by atoms with Gasteiger partial charge in [-0.05, 0) is 25.0 Å². The average Bonchev–Trinajstić information content (AvgIpc) is 2.74. The number of imide groups is 1. The second-order valence-corrected chi connectivity index (χ2v) is 5.14. The number of nitrogens with zero attached hydrogens (tertiary/aromatic N) is 1. The molecule has 0 radical (unpaired) electrons. The van der Waals surface area contributed by atoms with Crippen molar-refractivity contribution in [3.63, 3.8) is 0 Å². The highest BCUT2D eigenvalue weighted by Gasteiger charge is 2.34. The van der Waals surface area contributed by atoms with Gasteiger partial charge in [0.25, 0.3) is 11.8 Å². The van der Waals surface area contributed by atoms with Gasteiger partial charge in [-0.2, -0.15) is 0 Å². The standard InChI is InChI=1S/C8H5NO3.C7H12O2/c10-7-5-3-1-2-4-6(5)8(11)9(7)12;8-7(9)6-4-2-1-3-5-6/h1-4,12H;6H,1-5H2,(H,8,9). The summed E-state index contributed by atoms with van der Waals surface area (Å²) in [5.41, 5.74) is 0.509. The Balaban J connectivity index is 0.000000161. The van der Waals surface area contributed by atoms with Crippen molar-refractivity contribution >= 4 is 17.8 Å². The van der Waals surface area contributed by atoms with Crippen LogP contribution >= 0.6 is 0 Å². The van der Waals surface area contributed by atoms with E-state index in [0.29, 0.717) is 0 Å². The number of fused-ring (bicyclic) bond motifs is 1. The minimum atomic E-state index is -0.657. The fourth-order valence-electron chi connectivity index (χ4n) is 2.53. The Morgan fingerprint density at radius 3 is 1.86 bits per heavy atom. The summed E-state index contributed by atoms with van der Waals surface area (Å²) in [5, 5.41) is 17.6. The summed E-state index contributed by atoms with van der Waals surface area (Å²) in [4.78, 5) is 32.5. The van der Waals surface area contributed by atoms with E-state index in [1.165, 1.54) is 18.6 Å². The smallest absolute Gasteiger partial charge is 0.306 e. The number of aliphatic carboxylic acids is 1. The highest BCUT2D eigenvalue weighted by molar-refractivity contribution is 6.20. The predicted molar refractivity (Wildman–Crippen MR) is 72.9 cm³/mol. The van der Waals surface area contributed by atoms with Gasteiger partial charge in [-0.15, -0.1) is 5.06 Å². The van der Waals surface area contributed by atoms with Gasteiger partial charge in [-0.3, -0.25) is 19.6 Å². The summed E-state index contributed by atoms with van der Waals surface area (Å²) in [6, 6.07) is 6.30. The summed E-state index contributed by atoms with van der Waals surface area (Å²) < 4.78 is 0. The Bertz CT molecular complexity index is 528. The monoisotopic (exact) mass is 291 g/mol. The van der Waals surface area contributed by atoms with Crippen LogP contribution in [0.4, 0.5) is 0 Å². The maximum atomic E-state index is 11.1. The number of carbonyl (C=O) groups is 3. The first-order chi connectivity index (χ1) is 10.0. The molecule has 1 saturated carbocycles. The van der Waals surface area contributed by atoms with Crippen molar-refractivity contribution in [2.75, 3.05) is 0 Å². The minimum absolute atomic E-state index is 0.0289. The van der Waals surface area contributed by atoms with E-state index in [2.05, 4.69) is 0 Å². The topological polar surface area (TPSA) is 94.9 Å². The molecule has 0 bridgehead atoms. The van der Waals surface area contributed by atoms with Crippen molar-refractivity contribution in [1.82, 2.24) is 5.06 Å². The molecule has 2 aliphatic rings. The van der Waals surface area contributed by atoms with Crippen molar-refractivity contribution < 1.29 is 24.7 Å². The highest BCUT2D eigenvalue weighted by atomic mass is 16.5. The fraction of sp³-hybridized carbons (Fsp3) is 0.400. The molecule has 2 N–H and O–H groups in total. The maximum absolute atomic E-state index is 11.1. The van der Waals surface area contributed by atoms with Crippen LogP contribution in [0.2, 0.25) is 0 Å². The van der Waals surface area contributed by atoms with Crippen LogP contribution < -0.4 is 0 Å². The van der Waals surface area contributed by atoms with Crippen LogP contribution in [0.1, 0.15) is 52.8 Å². The quantitative estimate of drug-likeness (QED) is 0.611. The van der Waals surface area contributed by atoms with E-state index in [-0.39, 0.29) is 22.1 Å². The number of hydrogen-bond acceptors (Lipinski definition) is 4. The normalized spacial score (nSPS) is 18.0. The lowest BCUT2D eigenvalue weighted by Gasteiger charge is -2.16. The van der Waals surface area contributed by atoms with Gasteiger partial charge in [0.2, 0.25) is 0 Å². The summed E-state index contributed by atoms with van der Waals surface area (Å²) in [6.45, 7) is 0. The van der Waals surface area contributed by atoms with Crippen LogP contribution in [0.15, 0.2) is 24.3 Å². The maximum Gasteiger partial charge on any atom is 0.306 e. The third-order valence-corrected chi connectivity index (χ3v) is 3.73. The van der Waals surface area contributed by atoms with Gasteiger partial charge in [-0.1, -0.05) is 31.4 Å². The van der Waals surface area contributed by atoms with Gasteiger partial charge in [0.05, 0.1) is 17.0 Å². The van der Waals surface area contributed by atoms with E-state index in [1.54, 1.807) is 12.1 Å². The molecule has 1 aliphatic carbocycles. The van der Waals surface area contributed by atoms with Crippen LogP contribution in [-0.4, -0.2) is 33.2 Å². The van der Waals surface area contributed by atoms with E-state index in [4.69, 9.17) is 10.3 Å². The molecule has 0 saturated heterocycles. The van der Waals surface area contributed by atoms with E-state index < -0.39 is 17.8 Å². The number of benzene rings is 1. The van der Waals surface area contributed by atoms with Crippen molar-refractivity contribution in [3.05, 3.63) is 35.4 Å². The van der Waals surface area contributed by atoms with E-state index in [1.807, 2.05) is 0 Å². The van der Waals surface area contributed by atoms with Gasteiger partial charge in [0.1, 0.15) is 0 Å². The molecule has 6 heteroatoms. The van der Waals surface area contributed by atoms with Crippen molar-refractivity contribution in [1.29, 1.82) is 0 Å². The van der Waals surface area contributed by atoms with E-state index in [0.717, 1.165) is 25.7 Å². The Morgan fingerprint density at radius 2 is 1.48 bits per heavy atom. The van der Waals surface area contributed by atoms with E-state index in [9.17, 15) is 14.4 Å². The minimum Gasteiger partial charge on any atom is -0.481 e. The Morgan fingerprint density at radius 1 is 1.00 bits per heavy atom. The first-order valence-corrected chi connectivity index (χ1v) is 6.92. The molecule has 6 nitrogen and oxygen atoms in total. The SMILES string of the molecule is O=C(O)C1CCCCC1.O=C1c2ccccc2C(=O)N1O. The van der Waals surface area contributed by atoms with Crippen LogP contribution in [0.3, 0.4) is 0 Å². The first kappa shape index (κ1) is 15.2. The lowest BCUT2D eigenvalue weighted by Crippen LogP contribution is -2.25. The zero-order valence-corrected chi connectivity index (χ0v) is 11.5. The predicted octanol–water partition coefficient (Wildman–Crippen LogP) is 2.32. The van der Waals surface area contributed by atoms with Gasteiger partial charge in [-0.25, -0.2) is 0 Å². The van der Waals surface area contributed by atoms with Gasteiger partial charge in [0.15, 0.2) is 0 Å². The molecule has 1 aromatic rings. The van der Waals surface area contributed by atoms with Crippen LogP contribution in [-0.2, 0) is 4.79 Å². The van der Waals surface area contributed by atoms with Gasteiger partial charge in [0, 0.05) is 0 Å². The lowest BCUT2D eigenvalue weighted by molar-refractivity contribution is -0.142. The summed E-state index contributed by atoms with van der Waals surface area (Å²) in [6.07, 6.45) is 5.24. The summed E-state index contributed by atoms with van der Waals surface area (Å²) in [5.74, 6) is -1.94. The molecule has 21 heavy (non-hydrogen) atoms. The molecule has 3 rings (SSSR count). The number of rotatable bonds is 1. The molecule has 1 fully saturated rings. The largest absolute Gasteiger partial charge is 0.481 e. The molecular weight excluding hydrogens is 274 g/mol. The van der Waals surface area contributed by atoms with Gasteiger partial charge < -0.3 is 5.11 Å². The lowest BCUT2D eigenvalue weighted by atomic mass is 9.90.